The van der Waals surface area contributed by atoms with E-state index in [4.69, 9.17) is 0 Å². The van der Waals surface area contributed by atoms with E-state index >= 15 is 4.39 Å². The largest absolute Gasteiger partial charge is 0.368 e. The molecule has 2 fully saturated rings. The minimum absolute atomic E-state index is 0.0611. The fraction of sp³-hybridized carbons (Fsp3) is 0.464. The highest BCUT2D eigenvalue weighted by Crippen LogP contribution is 2.36. The summed E-state index contributed by atoms with van der Waals surface area (Å²) in [4.78, 5) is 44.9. The quantitative estimate of drug-likeness (QED) is 0.483. The van der Waals surface area contributed by atoms with Gasteiger partial charge >= 0.3 is 5.69 Å². The Balaban J connectivity index is 1.13. The van der Waals surface area contributed by atoms with Gasteiger partial charge in [0.2, 0.25) is 0 Å². The number of nitrogens with zero attached hydrogens (tertiary/aromatic N) is 7. The highest BCUT2D eigenvalue weighted by molar-refractivity contribution is 6.06. The zero-order valence-electron chi connectivity index (χ0n) is 23.1. The van der Waals surface area contributed by atoms with Crippen LogP contribution in [-0.2, 0) is 13.1 Å². The van der Waals surface area contributed by atoms with E-state index in [1.807, 2.05) is 19.9 Å². The predicted molar refractivity (Wildman–Crippen MR) is 153 cm³/mol. The number of hydrogen-bond donors (Lipinski definition) is 2. The first kappa shape index (κ1) is 26.3. The standard InChI is InChI=1S/C28H34FN9O2/c1-4-38-26-23-21(30-16-31-26)13-18(24(29)25(23)34-28(38)40)14-36-9-11-37(12-10-36)22-6-5-20(32-17(22)2)27(39)33-19-7-8-35(3)15-19/h5-6,13,16,19H,4,7-12,14-15H2,1-3H3,(H,30,31)(H,33,39)/t19-/m1/s1. The summed E-state index contributed by atoms with van der Waals surface area (Å²) in [6.07, 6.45) is 2.48. The Kier molecular flexibility index (Phi) is 6.97. The summed E-state index contributed by atoms with van der Waals surface area (Å²) in [6.45, 7) is 9.39. The van der Waals surface area contributed by atoms with Gasteiger partial charge in [-0.1, -0.05) is 0 Å². The Hall–Kier alpha value is -3.90. The Morgan fingerprint density at radius 1 is 1.18 bits per heavy atom. The maximum absolute atomic E-state index is 15.6. The smallest absolute Gasteiger partial charge is 0.349 e. The van der Waals surface area contributed by atoms with Crippen LogP contribution in [0, 0.1) is 12.7 Å². The molecule has 1 aromatic carbocycles. The van der Waals surface area contributed by atoms with E-state index in [9.17, 15) is 9.59 Å². The zero-order chi connectivity index (χ0) is 28.0. The third-order valence-electron chi connectivity index (χ3n) is 8.08. The van der Waals surface area contributed by atoms with Crippen LogP contribution < -0.4 is 21.2 Å². The molecule has 3 aliphatic rings. The molecule has 0 bridgehead atoms. The van der Waals surface area contributed by atoms with Crippen LogP contribution in [0.2, 0.25) is 0 Å². The van der Waals surface area contributed by atoms with Gasteiger partial charge < -0.3 is 20.4 Å². The molecule has 2 saturated heterocycles. The second-order valence-electron chi connectivity index (χ2n) is 10.8. The SMILES string of the molecule is CCn1c2c3c(cc(CN4CCN(c5ccc(C(=O)N[C@@H]6CCN(C)C6)nc5C)CC4)c(F)c3nc1=O)NC=N2. The normalized spacial score (nSPS) is 19.3. The number of pyridine rings is 1. The number of amides is 1. The molecular weight excluding hydrogens is 513 g/mol. The Bertz CT molecular complexity index is 1560. The molecule has 0 unspecified atom stereocenters. The van der Waals surface area contributed by atoms with Crippen LogP contribution in [0.1, 0.15) is 35.1 Å². The number of carbonyl (C=O) groups excluding carboxylic acids is 1. The molecule has 40 heavy (non-hydrogen) atoms. The van der Waals surface area contributed by atoms with Crippen molar-refractivity contribution in [1.82, 2.24) is 29.7 Å². The van der Waals surface area contributed by atoms with Gasteiger partial charge in [0.05, 0.1) is 28.8 Å². The monoisotopic (exact) mass is 547 g/mol. The van der Waals surface area contributed by atoms with Gasteiger partial charge in [0.15, 0.2) is 5.82 Å². The molecule has 3 aromatic rings. The second kappa shape index (κ2) is 10.6. The highest BCUT2D eigenvalue weighted by Gasteiger charge is 2.26. The van der Waals surface area contributed by atoms with Crippen LogP contribution in [0.5, 0.6) is 0 Å². The van der Waals surface area contributed by atoms with Crippen molar-refractivity contribution in [3.05, 3.63) is 51.5 Å². The fourth-order valence-corrected chi connectivity index (χ4v) is 5.94. The van der Waals surface area contributed by atoms with E-state index in [1.54, 1.807) is 12.1 Å². The molecule has 2 aromatic heterocycles. The molecule has 0 saturated carbocycles. The van der Waals surface area contributed by atoms with E-state index in [0.717, 1.165) is 57.1 Å². The maximum atomic E-state index is 15.6. The van der Waals surface area contributed by atoms with E-state index in [2.05, 4.69) is 47.3 Å². The van der Waals surface area contributed by atoms with Crippen molar-refractivity contribution in [2.45, 2.75) is 39.4 Å². The van der Waals surface area contributed by atoms with Crippen molar-refractivity contribution in [2.75, 3.05) is 56.5 Å². The Morgan fingerprint density at radius 2 is 1.98 bits per heavy atom. The number of aryl methyl sites for hydroxylation is 1. The number of piperazine rings is 1. The van der Waals surface area contributed by atoms with Crippen LogP contribution in [0.15, 0.2) is 28.0 Å². The molecule has 5 heterocycles. The third kappa shape index (κ3) is 4.81. The van der Waals surface area contributed by atoms with Gasteiger partial charge in [-0.2, -0.15) is 4.98 Å². The molecular formula is C28H34FN9O2. The molecule has 2 N–H and O–H groups in total. The van der Waals surface area contributed by atoms with Gasteiger partial charge in [0.25, 0.3) is 5.91 Å². The molecule has 0 spiro atoms. The zero-order valence-corrected chi connectivity index (χ0v) is 23.1. The number of aliphatic imine (C=N–C) groups is 1. The molecule has 0 radical (unpaired) electrons. The average Bonchev–Trinajstić information content (AvgIpc) is 3.36. The van der Waals surface area contributed by atoms with Gasteiger partial charge in [0.1, 0.15) is 17.0 Å². The third-order valence-corrected chi connectivity index (χ3v) is 8.08. The van der Waals surface area contributed by atoms with Gasteiger partial charge in [-0.3, -0.25) is 14.3 Å². The number of likely N-dealkylation sites (N-methyl/N-ethyl adjacent to an activating group) is 1. The Labute approximate surface area is 231 Å². The first-order chi connectivity index (χ1) is 19.3. The summed E-state index contributed by atoms with van der Waals surface area (Å²) in [5.41, 5.74) is 3.01. The number of rotatable bonds is 6. The summed E-state index contributed by atoms with van der Waals surface area (Å²) in [7, 11) is 2.06. The van der Waals surface area contributed by atoms with Crippen molar-refractivity contribution in [1.29, 1.82) is 0 Å². The summed E-state index contributed by atoms with van der Waals surface area (Å²) in [5, 5.41) is 6.72. The second-order valence-corrected chi connectivity index (χ2v) is 10.8. The summed E-state index contributed by atoms with van der Waals surface area (Å²) in [5.74, 6) is -0.170. The van der Waals surface area contributed by atoms with Crippen molar-refractivity contribution < 1.29 is 9.18 Å². The molecule has 0 aliphatic carbocycles. The number of anilines is 2. The van der Waals surface area contributed by atoms with Crippen LogP contribution in [-0.4, -0.2) is 88.9 Å². The highest BCUT2D eigenvalue weighted by atomic mass is 19.1. The molecule has 11 nitrogen and oxygen atoms in total. The van der Waals surface area contributed by atoms with E-state index in [1.165, 1.54) is 10.9 Å². The average molecular weight is 548 g/mol. The lowest BCUT2D eigenvalue weighted by Crippen LogP contribution is -2.46. The maximum Gasteiger partial charge on any atom is 0.349 e. The summed E-state index contributed by atoms with van der Waals surface area (Å²) >= 11 is 0. The molecule has 1 atom stereocenters. The number of carbonyl (C=O) groups is 1. The lowest BCUT2D eigenvalue weighted by atomic mass is 10.1. The van der Waals surface area contributed by atoms with Crippen LogP contribution in [0.25, 0.3) is 10.9 Å². The predicted octanol–water partition coefficient (Wildman–Crippen LogP) is 2.10. The van der Waals surface area contributed by atoms with Crippen LogP contribution in [0.4, 0.5) is 21.6 Å². The minimum Gasteiger partial charge on any atom is -0.368 e. The van der Waals surface area contributed by atoms with Crippen molar-refractivity contribution in [2.24, 2.45) is 4.99 Å². The van der Waals surface area contributed by atoms with Crippen LogP contribution >= 0.6 is 0 Å². The van der Waals surface area contributed by atoms with E-state index in [0.29, 0.717) is 41.2 Å². The molecule has 1 amide bonds. The van der Waals surface area contributed by atoms with E-state index in [-0.39, 0.29) is 17.5 Å². The number of likely N-dealkylation sites (tertiary alicyclic amines) is 1. The first-order valence-electron chi connectivity index (χ1n) is 13.8. The van der Waals surface area contributed by atoms with Crippen molar-refractivity contribution >= 4 is 40.3 Å². The topological polar surface area (TPSA) is 111 Å². The van der Waals surface area contributed by atoms with Crippen molar-refractivity contribution in [3.8, 4) is 0 Å². The van der Waals surface area contributed by atoms with Gasteiger partial charge in [-0.25, -0.2) is 19.2 Å². The minimum atomic E-state index is -0.502. The lowest BCUT2D eigenvalue weighted by Gasteiger charge is -2.36. The number of nitrogens with one attached hydrogen (secondary N) is 2. The molecule has 12 heteroatoms. The fourth-order valence-electron chi connectivity index (χ4n) is 5.94. The lowest BCUT2D eigenvalue weighted by molar-refractivity contribution is 0.0933. The van der Waals surface area contributed by atoms with Gasteiger partial charge in [0, 0.05) is 57.4 Å². The van der Waals surface area contributed by atoms with Crippen LogP contribution in [0.3, 0.4) is 0 Å². The molecule has 210 valence electrons. The summed E-state index contributed by atoms with van der Waals surface area (Å²) in [6, 6.07) is 5.73. The van der Waals surface area contributed by atoms with Gasteiger partial charge in [-0.05, 0) is 52.1 Å². The number of aromatic nitrogens is 3. The number of benzene rings is 1. The first-order valence-corrected chi connectivity index (χ1v) is 13.8. The van der Waals surface area contributed by atoms with E-state index < -0.39 is 11.5 Å². The number of hydrogen-bond acceptors (Lipinski definition) is 9. The Morgan fingerprint density at radius 3 is 2.67 bits per heavy atom. The number of halogens is 1. The summed E-state index contributed by atoms with van der Waals surface area (Å²) < 4.78 is 17.1. The van der Waals surface area contributed by atoms with Gasteiger partial charge in [-0.15, -0.1) is 0 Å². The molecule has 6 rings (SSSR count). The molecule has 3 aliphatic heterocycles. The van der Waals surface area contributed by atoms with Crippen molar-refractivity contribution in [3.63, 3.8) is 0 Å².